The quantitative estimate of drug-likeness (QED) is 0.814. The molecule has 2 heterocycles. The van der Waals surface area contributed by atoms with Crippen molar-refractivity contribution < 1.29 is 19.1 Å². The molecule has 1 amide bonds. The third-order valence-electron chi connectivity index (χ3n) is 3.43. The van der Waals surface area contributed by atoms with E-state index < -0.39 is 12.0 Å². The molecule has 22 heavy (non-hydrogen) atoms. The number of carboxylic acid groups (broad SMARTS) is 1. The third kappa shape index (κ3) is 3.75. The predicted octanol–water partition coefficient (Wildman–Crippen LogP) is 1.87. The summed E-state index contributed by atoms with van der Waals surface area (Å²) in [5.41, 5.74) is -0.00844. The molecule has 2 N–H and O–H groups in total. The van der Waals surface area contributed by atoms with Gasteiger partial charge in [0.25, 0.3) is 0 Å². The Morgan fingerprint density at radius 3 is 2.82 bits per heavy atom. The molecule has 2 rings (SSSR count). The first-order chi connectivity index (χ1) is 10.5. The van der Waals surface area contributed by atoms with Crippen molar-refractivity contribution in [3.05, 3.63) is 42.1 Å². The number of carboxylic acids is 1. The number of furan rings is 1. The number of aryl methyl sites for hydroxylation is 1. The van der Waals surface area contributed by atoms with Gasteiger partial charge in [0.2, 0.25) is 5.91 Å². The predicted molar refractivity (Wildman–Crippen MR) is 78.5 cm³/mol. The zero-order chi connectivity index (χ0) is 16.1. The lowest BCUT2D eigenvalue weighted by atomic mass is 10.1. The van der Waals surface area contributed by atoms with Crippen molar-refractivity contribution in [3.8, 4) is 0 Å². The number of carbonyl (C=O) groups excluding carboxylic acids is 1. The van der Waals surface area contributed by atoms with Crippen LogP contribution in [0.5, 0.6) is 0 Å². The van der Waals surface area contributed by atoms with E-state index in [-0.39, 0.29) is 17.6 Å². The molecule has 7 nitrogen and oxygen atoms in total. The number of hydrogen-bond donors (Lipinski definition) is 2. The summed E-state index contributed by atoms with van der Waals surface area (Å²) in [6.07, 6.45) is 4.45. The number of nitrogens with zero attached hydrogens (tertiary/aromatic N) is 2. The summed E-state index contributed by atoms with van der Waals surface area (Å²) in [6, 6.07) is 4.34. The lowest BCUT2D eigenvalue weighted by Gasteiger charge is -2.18. The van der Waals surface area contributed by atoms with E-state index in [1.807, 2.05) is 19.1 Å². The number of amides is 1. The molecular weight excluding hydrogens is 286 g/mol. The maximum absolute atomic E-state index is 12.2. The van der Waals surface area contributed by atoms with Crippen LogP contribution in [0, 0.1) is 0 Å². The van der Waals surface area contributed by atoms with Crippen LogP contribution in [0.25, 0.3) is 0 Å². The first kappa shape index (κ1) is 15.8. The van der Waals surface area contributed by atoms with Crippen molar-refractivity contribution in [2.75, 3.05) is 0 Å². The Labute approximate surface area is 127 Å². The van der Waals surface area contributed by atoms with E-state index >= 15 is 0 Å². The van der Waals surface area contributed by atoms with Gasteiger partial charge in [-0.2, -0.15) is 5.10 Å². The van der Waals surface area contributed by atoms with E-state index in [1.165, 1.54) is 16.9 Å². The molecule has 0 aliphatic rings. The van der Waals surface area contributed by atoms with Crippen molar-refractivity contribution in [3.63, 3.8) is 0 Å². The van der Waals surface area contributed by atoms with Crippen molar-refractivity contribution in [1.29, 1.82) is 0 Å². The van der Waals surface area contributed by atoms with Crippen molar-refractivity contribution in [1.82, 2.24) is 15.1 Å². The van der Waals surface area contributed by atoms with Gasteiger partial charge >= 0.3 is 5.97 Å². The second-order valence-corrected chi connectivity index (χ2v) is 5.17. The normalized spacial score (nSPS) is 13.5. The Bertz CT molecular complexity index is 633. The molecule has 2 aromatic rings. The van der Waals surface area contributed by atoms with Gasteiger partial charge in [-0.3, -0.25) is 4.79 Å². The Morgan fingerprint density at radius 1 is 1.41 bits per heavy atom. The van der Waals surface area contributed by atoms with E-state index in [2.05, 4.69) is 10.4 Å². The van der Waals surface area contributed by atoms with Crippen LogP contribution in [0.1, 0.15) is 42.6 Å². The van der Waals surface area contributed by atoms with E-state index in [4.69, 9.17) is 9.52 Å². The highest BCUT2D eigenvalue weighted by Gasteiger charge is 2.22. The van der Waals surface area contributed by atoms with Crippen LogP contribution in [0.3, 0.4) is 0 Å². The summed E-state index contributed by atoms with van der Waals surface area (Å²) < 4.78 is 6.45. The summed E-state index contributed by atoms with van der Waals surface area (Å²) in [7, 11) is 0. The minimum absolute atomic E-state index is 0.00844. The number of nitrogens with one attached hydrogen (secondary N) is 1. The third-order valence-corrected chi connectivity index (χ3v) is 3.43. The Balaban J connectivity index is 1.90. The molecule has 0 aliphatic heterocycles. The van der Waals surface area contributed by atoms with Crippen molar-refractivity contribution in [2.24, 2.45) is 0 Å². The van der Waals surface area contributed by atoms with E-state index in [0.717, 1.165) is 18.6 Å². The van der Waals surface area contributed by atoms with Gasteiger partial charge in [-0.15, -0.1) is 0 Å². The number of aromatic carboxylic acids is 1. The first-order valence-electron chi connectivity index (χ1n) is 7.08. The van der Waals surface area contributed by atoms with Crippen LogP contribution in [0.4, 0.5) is 0 Å². The van der Waals surface area contributed by atoms with Gasteiger partial charge in [0.15, 0.2) is 0 Å². The van der Waals surface area contributed by atoms with Crippen LogP contribution in [-0.2, 0) is 11.2 Å². The van der Waals surface area contributed by atoms with E-state index in [9.17, 15) is 9.59 Å². The monoisotopic (exact) mass is 305 g/mol. The molecule has 7 heteroatoms. The molecule has 0 aliphatic carbocycles. The zero-order valence-corrected chi connectivity index (χ0v) is 12.5. The summed E-state index contributed by atoms with van der Waals surface area (Å²) in [5, 5.41) is 15.8. The van der Waals surface area contributed by atoms with Crippen molar-refractivity contribution >= 4 is 11.9 Å². The minimum atomic E-state index is -1.11. The molecule has 0 aromatic carbocycles. The molecule has 0 radical (unpaired) electrons. The molecule has 0 fully saturated rings. The van der Waals surface area contributed by atoms with Gasteiger partial charge in [0, 0.05) is 18.7 Å². The van der Waals surface area contributed by atoms with Crippen LogP contribution in [0.2, 0.25) is 0 Å². The molecule has 0 saturated heterocycles. The van der Waals surface area contributed by atoms with Gasteiger partial charge in [0.05, 0.1) is 6.26 Å². The first-order valence-corrected chi connectivity index (χ1v) is 7.08. The summed E-state index contributed by atoms with van der Waals surface area (Å²) in [4.78, 5) is 23.3. The highest BCUT2D eigenvalue weighted by Crippen LogP contribution is 2.11. The fourth-order valence-corrected chi connectivity index (χ4v) is 2.15. The number of aromatic nitrogens is 2. The van der Waals surface area contributed by atoms with Crippen LogP contribution in [-0.4, -0.2) is 32.8 Å². The highest BCUT2D eigenvalue weighted by atomic mass is 16.4. The fraction of sp³-hybridized carbons (Fsp3) is 0.400. The molecule has 2 unspecified atom stereocenters. The molecule has 2 aromatic heterocycles. The lowest BCUT2D eigenvalue weighted by molar-refractivity contribution is -0.124. The molecule has 2 atom stereocenters. The largest absolute Gasteiger partial charge is 0.477 e. The highest BCUT2D eigenvalue weighted by molar-refractivity contribution is 5.87. The van der Waals surface area contributed by atoms with Gasteiger partial charge in [-0.25, -0.2) is 9.48 Å². The Kier molecular flexibility index (Phi) is 4.98. The summed E-state index contributed by atoms with van der Waals surface area (Å²) in [5.74, 6) is -0.504. The number of rotatable bonds is 7. The second kappa shape index (κ2) is 6.93. The summed E-state index contributed by atoms with van der Waals surface area (Å²) >= 11 is 0. The smallest absolute Gasteiger partial charge is 0.354 e. The fourth-order valence-electron chi connectivity index (χ4n) is 2.15. The standard InChI is InChI=1S/C15H19N3O4/c1-10(5-6-12-4-3-9-22-12)17-14(19)11(2)18-13(15(20)21)7-8-16-18/h3-4,7-11H,5-6H2,1-2H3,(H,17,19)(H,20,21). The average molecular weight is 305 g/mol. The topological polar surface area (TPSA) is 97.4 Å². The zero-order valence-electron chi connectivity index (χ0n) is 12.5. The van der Waals surface area contributed by atoms with Gasteiger partial charge in [-0.1, -0.05) is 0 Å². The van der Waals surface area contributed by atoms with Gasteiger partial charge in [0.1, 0.15) is 17.5 Å². The molecule has 0 spiro atoms. The number of hydrogen-bond acceptors (Lipinski definition) is 4. The van der Waals surface area contributed by atoms with Gasteiger partial charge in [-0.05, 0) is 38.5 Å². The minimum Gasteiger partial charge on any atom is -0.477 e. The maximum Gasteiger partial charge on any atom is 0.354 e. The molecule has 0 saturated carbocycles. The molecule has 118 valence electrons. The van der Waals surface area contributed by atoms with E-state index in [1.54, 1.807) is 13.2 Å². The molecule has 0 bridgehead atoms. The van der Waals surface area contributed by atoms with E-state index in [0.29, 0.717) is 0 Å². The SMILES string of the molecule is CC(CCc1ccco1)NC(=O)C(C)n1nccc1C(=O)O. The summed E-state index contributed by atoms with van der Waals surface area (Å²) in [6.45, 7) is 3.52. The number of carbonyl (C=O) groups is 2. The van der Waals surface area contributed by atoms with Crippen molar-refractivity contribution in [2.45, 2.75) is 38.8 Å². The Hall–Kier alpha value is -2.57. The lowest BCUT2D eigenvalue weighted by Crippen LogP contribution is -2.38. The maximum atomic E-state index is 12.2. The van der Waals surface area contributed by atoms with Gasteiger partial charge < -0.3 is 14.8 Å². The van der Waals surface area contributed by atoms with Crippen LogP contribution in [0.15, 0.2) is 35.1 Å². The Morgan fingerprint density at radius 2 is 2.18 bits per heavy atom. The molecular formula is C15H19N3O4. The van der Waals surface area contributed by atoms with Crippen LogP contribution >= 0.6 is 0 Å². The average Bonchev–Trinajstić information content (AvgIpc) is 3.15. The second-order valence-electron chi connectivity index (χ2n) is 5.17. The van der Waals surface area contributed by atoms with Crippen LogP contribution < -0.4 is 5.32 Å².